The zero-order valence-electron chi connectivity index (χ0n) is 12.2. The van der Waals surface area contributed by atoms with Gasteiger partial charge in [-0.1, -0.05) is 12.1 Å². The summed E-state index contributed by atoms with van der Waals surface area (Å²) in [4.78, 5) is 11.9. The van der Waals surface area contributed by atoms with E-state index < -0.39 is 0 Å². The second-order valence-corrected chi connectivity index (χ2v) is 5.59. The van der Waals surface area contributed by atoms with E-state index in [1.54, 1.807) is 0 Å². The van der Waals surface area contributed by atoms with Crippen LogP contribution in [-0.4, -0.2) is 25.5 Å². The van der Waals surface area contributed by atoms with E-state index in [0.29, 0.717) is 0 Å². The number of nitrogens with one attached hydrogen (secondary N) is 2. The number of rotatable bonds is 4. The fraction of sp³-hybridized carbons (Fsp3) is 0.562. The Bertz CT molecular complexity index is 462. The van der Waals surface area contributed by atoms with Crippen molar-refractivity contribution in [2.45, 2.75) is 33.6 Å². The highest BCUT2D eigenvalue weighted by molar-refractivity contribution is 5.79. The summed E-state index contributed by atoms with van der Waals surface area (Å²) in [5, 5.41) is 6.28. The SMILES string of the molecule is Cc1cc(C)c(CCNC(=O)C2CCNC2)cc1C. The Morgan fingerprint density at radius 3 is 2.68 bits per heavy atom. The molecule has 1 aliphatic rings. The summed E-state index contributed by atoms with van der Waals surface area (Å²) in [7, 11) is 0. The maximum absolute atomic E-state index is 11.9. The van der Waals surface area contributed by atoms with Crippen LogP contribution in [0.5, 0.6) is 0 Å². The quantitative estimate of drug-likeness (QED) is 0.868. The fourth-order valence-electron chi connectivity index (χ4n) is 2.63. The van der Waals surface area contributed by atoms with Crippen LogP contribution in [0, 0.1) is 26.7 Å². The summed E-state index contributed by atoms with van der Waals surface area (Å²) in [6.45, 7) is 8.95. The van der Waals surface area contributed by atoms with Crippen LogP contribution in [0.4, 0.5) is 0 Å². The largest absolute Gasteiger partial charge is 0.355 e. The Kier molecular flexibility index (Phi) is 4.59. The van der Waals surface area contributed by atoms with Crippen molar-refractivity contribution in [2.24, 2.45) is 5.92 Å². The van der Waals surface area contributed by atoms with Crippen LogP contribution in [0.25, 0.3) is 0 Å². The third-order valence-corrected chi connectivity index (χ3v) is 4.08. The van der Waals surface area contributed by atoms with Crippen molar-refractivity contribution < 1.29 is 4.79 Å². The van der Waals surface area contributed by atoms with E-state index in [9.17, 15) is 4.79 Å². The van der Waals surface area contributed by atoms with Gasteiger partial charge in [0.25, 0.3) is 0 Å². The zero-order chi connectivity index (χ0) is 13.8. The van der Waals surface area contributed by atoms with Gasteiger partial charge >= 0.3 is 0 Å². The average Bonchev–Trinajstić information content (AvgIpc) is 2.89. The molecule has 0 aromatic heterocycles. The Morgan fingerprint density at radius 2 is 2.00 bits per heavy atom. The number of carbonyl (C=O) groups excluding carboxylic acids is 1. The molecule has 0 radical (unpaired) electrons. The molecule has 19 heavy (non-hydrogen) atoms. The van der Waals surface area contributed by atoms with Gasteiger partial charge in [-0.05, 0) is 62.4 Å². The van der Waals surface area contributed by atoms with Gasteiger partial charge in [-0.3, -0.25) is 4.79 Å². The van der Waals surface area contributed by atoms with Crippen LogP contribution in [0.3, 0.4) is 0 Å². The molecule has 1 fully saturated rings. The van der Waals surface area contributed by atoms with E-state index in [1.807, 2.05) is 0 Å². The molecule has 1 saturated heterocycles. The molecule has 1 aromatic carbocycles. The van der Waals surface area contributed by atoms with Crippen molar-refractivity contribution in [1.82, 2.24) is 10.6 Å². The van der Waals surface area contributed by atoms with E-state index >= 15 is 0 Å². The van der Waals surface area contributed by atoms with Crippen molar-refractivity contribution in [1.29, 1.82) is 0 Å². The molecule has 2 N–H and O–H groups in total. The Balaban J connectivity index is 1.85. The molecule has 0 aliphatic carbocycles. The molecular formula is C16H24N2O. The van der Waals surface area contributed by atoms with Gasteiger partial charge in [0.1, 0.15) is 0 Å². The molecule has 0 saturated carbocycles. The molecule has 3 heteroatoms. The van der Waals surface area contributed by atoms with Crippen molar-refractivity contribution in [3.63, 3.8) is 0 Å². The lowest BCUT2D eigenvalue weighted by atomic mass is 9.99. The summed E-state index contributed by atoms with van der Waals surface area (Å²) >= 11 is 0. The topological polar surface area (TPSA) is 41.1 Å². The van der Waals surface area contributed by atoms with E-state index in [-0.39, 0.29) is 11.8 Å². The molecule has 104 valence electrons. The molecule has 3 nitrogen and oxygen atoms in total. The normalized spacial score (nSPS) is 18.6. The minimum absolute atomic E-state index is 0.167. The number of carbonyl (C=O) groups is 1. The molecular weight excluding hydrogens is 236 g/mol. The monoisotopic (exact) mass is 260 g/mol. The highest BCUT2D eigenvalue weighted by Crippen LogP contribution is 2.15. The van der Waals surface area contributed by atoms with Crippen molar-refractivity contribution >= 4 is 5.91 Å². The number of amides is 1. The predicted octanol–water partition coefficient (Wildman–Crippen LogP) is 1.88. The number of hydrogen-bond donors (Lipinski definition) is 2. The predicted molar refractivity (Wildman–Crippen MR) is 78.3 cm³/mol. The van der Waals surface area contributed by atoms with Gasteiger partial charge < -0.3 is 10.6 Å². The summed E-state index contributed by atoms with van der Waals surface area (Å²) in [5.41, 5.74) is 5.32. The second kappa shape index (κ2) is 6.20. The maximum atomic E-state index is 11.9. The summed E-state index contributed by atoms with van der Waals surface area (Å²) in [6, 6.07) is 4.47. The van der Waals surface area contributed by atoms with Gasteiger partial charge in [0.15, 0.2) is 0 Å². The van der Waals surface area contributed by atoms with Crippen molar-refractivity contribution in [3.8, 4) is 0 Å². The van der Waals surface area contributed by atoms with Crippen LogP contribution in [0.1, 0.15) is 28.7 Å². The summed E-state index contributed by atoms with van der Waals surface area (Å²) in [5.74, 6) is 0.368. The first kappa shape index (κ1) is 14.1. The first-order valence-corrected chi connectivity index (χ1v) is 7.13. The van der Waals surface area contributed by atoms with Gasteiger partial charge in [0.05, 0.1) is 5.92 Å². The lowest BCUT2D eigenvalue weighted by molar-refractivity contribution is -0.124. The highest BCUT2D eigenvalue weighted by Gasteiger charge is 2.21. The number of benzene rings is 1. The molecule has 2 rings (SSSR count). The van der Waals surface area contributed by atoms with Crippen LogP contribution in [-0.2, 0) is 11.2 Å². The van der Waals surface area contributed by atoms with Crippen molar-refractivity contribution in [2.75, 3.05) is 19.6 Å². The lowest BCUT2D eigenvalue weighted by Gasteiger charge is -2.12. The lowest BCUT2D eigenvalue weighted by Crippen LogP contribution is -2.33. The third kappa shape index (κ3) is 3.57. The molecule has 1 aliphatic heterocycles. The van der Waals surface area contributed by atoms with Gasteiger partial charge in [-0.25, -0.2) is 0 Å². The van der Waals surface area contributed by atoms with Crippen LogP contribution < -0.4 is 10.6 Å². The molecule has 1 atom stereocenters. The summed E-state index contributed by atoms with van der Waals surface area (Å²) < 4.78 is 0. The first-order chi connectivity index (χ1) is 9.08. The molecule has 0 spiro atoms. The minimum Gasteiger partial charge on any atom is -0.355 e. The minimum atomic E-state index is 0.167. The van der Waals surface area contributed by atoms with Crippen LogP contribution in [0.15, 0.2) is 12.1 Å². The zero-order valence-corrected chi connectivity index (χ0v) is 12.2. The van der Waals surface area contributed by atoms with Gasteiger partial charge in [0, 0.05) is 13.1 Å². The Morgan fingerprint density at radius 1 is 1.26 bits per heavy atom. The third-order valence-electron chi connectivity index (χ3n) is 4.08. The molecule has 0 bridgehead atoms. The maximum Gasteiger partial charge on any atom is 0.224 e. The van der Waals surface area contributed by atoms with Gasteiger partial charge in [-0.2, -0.15) is 0 Å². The van der Waals surface area contributed by atoms with E-state index in [1.165, 1.54) is 22.3 Å². The van der Waals surface area contributed by atoms with Crippen molar-refractivity contribution in [3.05, 3.63) is 34.4 Å². The molecule has 1 heterocycles. The van der Waals surface area contributed by atoms with Crippen LogP contribution in [0.2, 0.25) is 0 Å². The number of aryl methyl sites for hydroxylation is 3. The Labute approximate surface area is 115 Å². The van der Waals surface area contributed by atoms with Gasteiger partial charge in [-0.15, -0.1) is 0 Å². The number of hydrogen-bond acceptors (Lipinski definition) is 2. The highest BCUT2D eigenvalue weighted by atomic mass is 16.1. The first-order valence-electron chi connectivity index (χ1n) is 7.13. The van der Waals surface area contributed by atoms with E-state index in [2.05, 4.69) is 43.5 Å². The van der Waals surface area contributed by atoms with Gasteiger partial charge in [0.2, 0.25) is 5.91 Å². The van der Waals surface area contributed by atoms with E-state index in [4.69, 9.17) is 0 Å². The summed E-state index contributed by atoms with van der Waals surface area (Å²) in [6.07, 6.45) is 1.88. The van der Waals surface area contributed by atoms with E-state index in [0.717, 1.165) is 32.5 Å². The smallest absolute Gasteiger partial charge is 0.224 e. The molecule has 1 amide bonds. The average molecular weight is 260 g/mol. The Hall–Kier alpha value is -1.35. The standard InChI is InChI=1S/C16H24N2O/c1-11-8-13(3)14(9-12(11)2)5-7-18-16(19)15-4-6-17-10-15/h8-9,15,17H,4-7,10H2,1-3H3,(H,18,19). The molecule has 1 unspecified atom stereocenters. The second-order valence-electron chi connectivity index (χ2n) is 5.59. The fourth-order valence-corrected chi connectivity index (χ4v) is 2.63. The van der Waals surface area contributed by atoms with Crippen LogP contribution >= 0.6 is 0 Å². The molecule has 1 aromatic rings.